The molecule has 1 aromatic carbocycles. The molecule has 11 heteroatoms. The summed E-state index contributed by atoms with van der Waals surface area (Å²) in [6.45, 7) is 3.92. The van der Waals surface area contributed by atoms with Crippen LogP contribution in [0.4, 0.5) is 30.4 Å². The molecule has 1 spiro atoms. The van der Waals surface area contributed by atoms with E-state index in [1.54, 1.807) is 25.1 Å². The van der Waals surface area contributed by atoms with Gasteiger partial charge in [0.1, 0.15) is 12.4 Å². The largest absolute Gasteiger partial charge is 0.381 e. The number of fused-ring (bicyclic) bond motifs is 3. The van der Waals surface area contributed by atoms with E-state index in [0.29, 0.717) is 49.1 Å². The lowest BCUT2D eigenvalue weighted by Gasteiger charge is -2.48. The van der Waals surface area contributed by atoms with Crippen molar-refractivity contribution >= 4 is 29.0 Å². The number of carbonyl (C=O) groups is 2. The molecular formula is C28H26F3N5O3. The van der Waals surface area contributed by atoms with Gasteiger partial charge in [0.25, 0.3) is 6.43 Å². The normalized spacial score (nSPS) is 19.5. The molecule has 3 aromatic rings. The summed E-state index contributed by atoms with van der Waals surface area (Å²) in [4.78, 5) is 38.6. The standard InChI is InChI=1S/C28H26F3N5O3/c1-16-24-19(3-2-9-32-24)23-20(11-21(34-26(23)31)35-13-28(14-35)8-10-39-15-28)36(27(16)38)12-22(37)33-18-6-4-17(5-7-18)25(29)30/h2-7,9,11,16,25H,8,10,12-15H2,1H3,(H,33,37)/t16-/m1/s1. The first-order chi connectivity index (χ1) is 18.7. The third-order valence-electron chi connectivity index (χ3n) is 7.70. The van der Waals surface area contributed by atoms with Crippen LogP contribution >= 0.6 is 0 Å². The van der Waals surface area contributed by atoms with Crippen LogP contribution in [0.5, 0.6) is 0 Å². The van der Waals surface area contributed by atoms with Gasteiger partial charge in [-0.05, 0) is 31.5 Å². The number of aromatic nitrogens is 2. The van der Waals surface area contributed by atoms with Crippen LogP contribution in [0.1, 0.15) is 36.9 Å². The van der Waals surface area contributed by atoms with Gasteiger partial charge in [-0.2, -0.15) is 4.39 Å². The zero-order valence-electron chi connectivity index (χ0n) is 21.2. The Kier molecular flexibility index (Phi) is 6.25. The third kappa shape index (κ3) is 4.50. The van der Waals surface area contributed by atoms with Gasteiger partial charge in [-0.15, -0.1) is 0 Å². The third-order valence-corrected chi connectivity index (χ3v) is 7.70. The van der Waals surface area contributed by atoms with Crippen LogP contribution < -0.4 is 15.1 Å². The minimum Gasteiger partial charge on any atom is -0.381 e. The van der Waals surface area contributed by atoms with E-state index in [0.717, 1.165) is 6.42 Å². The number of halogens is 3. The van der Waals surface area contributed by atoms with E-state index in [-0.39, 0.29) is 22.2 Å². The maximum absolute atomic E-state index is 15.8. The molecule has 2 amide bonds. The Morgan fingerprint density at radius 3 is 2.69 bits per heavy atom. The molecule has 0 saturated carbocycles. The first-order valence-corrected chi connectivity index (χ1v) is 12.7. The van der Waals surface area contributed by atoms with Gasteiger partial charge >= 0.3 is 0 Å². The fraction of sp³-hybridized carbons (Fsp3) is 0.357. The number of nitrogens with zero attached hydrogens (tertiary/aromatic N) is 4. The highest BCUT2D eigenvalue weighted by molar-refractivity contribution is 6.09. The number of hydrogen-bond donors (Lipinski definition) is 1. The van der Waals surface area contributed by atoms with Crippen molar-refractivity contribution < 1.29 is 27.5 Å². The smallest absolute Gasteiger partial charge is 0.263 e. The second-order valence-electron chi connectivity index (χ2n) is 10.4. The number of anilines is 3. The predicted molar refractivity (Wildman–Crippen MR) is 138 cm³/mol. The first-order valence-electron chi connectivity index (χ1n) is 12.7. The number of amides is 2. The van der Waals surface area contributed by atoms with Crippen LogP contribution in [0.3, 0.4) is 0 Å². The molecule has 1 atom stereocenters. The summed E-state index contributed by atoms with van der Waals surface area (Å²) in [5.74, 6) is -2.11. The summed E-state index contributed by atoms with van der Waals surface area (Å²) >= 11 is 0. The number of benzene rings is 1. The van der Waals surface area contributed by atoms with E-state index in [2.05, 4.69) is 15.3 Å². The Balaban J connectivity index is 1.35. The van der Waals surface area contributed by atoms with E-state index < -0.39 is 36.7 Å². The van der Waals surface area contributed by atoms with E-state index in [1.165, 1.54) is 35.4 Å². The summed E-state index contributed by atoms with van der Waals surface area (Å²) in [6.07, 6.45) is -0.162. The summed E-state index contributed by atoms with van der Waals surface area (Å²) in [6, 6.07) is 10.2. The maximum Gasteiger partial charge on any atom is 0.263 e. The summed E-state index contributed by atoms with van der Waals surface area (Å²) in [7, 11) is 0. The average molecular weight is 538 g/mol. The van der Waals surface area contributed by atoms with Gasteiger partial charge in [-0.3, -0.25) is 14.6 Å². The number of hydrogen-bond acceptors (Lipinski definition) is 6. The highest BCUT2D eigenvalue weighted by atomic mass is 19.3. The van der Waals surface area contributed by atoms with Gasteiger partial charge < -0.3 is 19.9 Å². The SMILES string of the molecule is C[C@H]1C(=O)N(CC(=O)Nc2ccc(C(F)F)cc2)c2cc(N3CC4(CCOC4)C3)nc(F)c2-c2cccnc21. The van der Waals surface area contributed by atoms with E-state index >= 15 is 4.39 Å². The fourth-order valence-electron chi connectivity index (χ4n) is 5.60. The number of pyridine rings is 2. The van der Waals surface area contributed by atoms with Crippen molar-refractivity contribution in [2.75, 3.05) is 48.0 Å². The summed E-state index contributed by atoms with van der Waals surface area (Å²) in [5, 5.41) is 2.64. The zero-order chi connectivity index (χ0) is 27.3. The lowest BCUT2D eigenvalue weighted by atomic mass is 9.79. The van der Waals surface area contributed by atoms with Gasteiger partial charge in [0.2, 0.25) is 17.8 Å². The predicted octanol–water partition coefficient (Wildman–Crippen LogP) is 4.54. The van der Waals surface area contributed by atoms with Crippen LogP contribution in [-0.4, -0.2) is 54.6 Å². The molecule has 0 radical (unpaired) electrons. The molecular weight excluding hydrogens is 511 g/mol. The summed E-state index contributed by atoms with van der Waals surface area (Å²) in [5.41, 5.74) is 1.34. The van der Waals surface area contributed by atoms with E-state index in [1.807, 2.05) is 4.90 Å². The van der Waals surface area contributed by atoms with Crippen molar-refractivity contribution in [1.82, 2.24) is 9.97 Å². The lowest BCUT2D eigenvalue weighted by Crippen LogP contribution is -2.57. The number of alkyl halides is 2. The topological polar surface area (TPSA) is 87.7 Å². The van der Waals surface area contributed by atoms with Crippen LogP contribution in [0.15, 0.2) is 48.7 Å². The zero-order valence-corrected chi connectivity index (χ0v) is 21.2. The Morgan fingerprint density at radius 1 is 1.23 bits per heavy atom. The lowest BCUT2D eigenvalue weighted by molar-refractivity contribution is -0.122. The van der Waals surface area contributed by atoms with Crippen molar-refractivity contribution in [1.29, 1.82) is 0 Å². The molecule has 6 rings (SSSR count). The van der Waals surface area contributed by atoms with Crippen LogP contribution in [-0.2, 0) is 14.3 Å². The van der Waals surface area contributed by atoms with Crippen molar-refractivity contribution in [2.45, 2.75) is 25.7 Å². The van der Waals surface area contributed by atoms with Crippen molar-refractivity contribution in [3.63, 3.8) is 0 Å². The molecule has 202 valence electrons. The number of ether oxygens (including phenoxy) is 1. The molecule has 1 N–H and O–H groups in total. The molecule has 0 aliphatic carbocycles. The van der Waals surface area contributed by atoms with Crippen LogP contribution in [0, 0.1) is 11.4 Å². The van der Waals surface area contributed by atoms with E-state index in [4.69, 9.17) is 4.74 Å². The fourth-order valence-corrected chi connectivity index (χ4v) is 5.60. The molecule has 2 saturated heterocycles. The molecule has 8 nitrogen and oxygen atoms in total. The van der Waals surface area contributed by atoms with Crippen LogP contribution in [0.25, 0.3) is 11.1 Å². The number of carbonyl (C=O) groups excluding carboxylic acids is 2. The quantitative estimate of drug-likeness (QED) is 0.481. The second kappa shape index (κ2) is 9.64. The molecule has 2 aromatic heterocycles. The highest BCUT2D eigenvalue weighted by Gasteiger charge is 2.47. The number of rotatable bonds is 5. The highest BCUT2D eigenvalue weighted by Crippen LogP contribution is 2.45. The maximum atomic E-state index is 15.8. The van der Waals surface area contributed by atoms with Crippen molar-refractivity contribution in [2.24, 2.45) is 5.41 Å². The van der Waals surface area contributed by atoms with Gasteiger partial charge in [0.15, 0.2) is 0 Å². The van der Waals surface area contributed by atoms with Gasteiger partial charge in [0, 0.05) is 54.2 Å². The molecule has 0 unspecified atom stereocenters. The second-order valence-corrected chi connectivity index (χ2v) is 10.4. The minimum atomic E-state index is -2.63. The van der Waals surface area contributed by atoms with E-state index in [9.17, 15) is 18.4 Å². The van der Waals surface area contributed by atoms with Crippen molar-refractivity contribution in [3.8, 4) is 11.1 Å². The summed E-state index contributed by atoms with van der Waals surface area (Å²) < 4.78 is 47.1. The van der Waals surface area contributed by atoms with Crippen LogP contribution in [0.2, 0.25) is 0 Å². The molecule has 39 heavy (non-hydrogen) atoms. The van der Waals surface area contributed by atoms with Gasteiger partial charge in [0.05, 0.1) is 29.5 Å². The average Bonchev–Trinajstić information content (AvgIpc) is 3.38. The molecule has 3 aliphatic heterocycles. The molecule has 0 bridgehead atoms. The number of nitrogens with one attached hydrogen (secondary N) is 1. The monoisotopic (exact) mass is 537 g/mol. The first kappa shape index (κ1) is 25.3. The van der Waals surface area contributed by atoms with Crippen molar-refractivity contribution in [3.05, 3.63) is 65.9 Å². The molecule has 2 fully saturated rings. The van der Waals surface area contributed by atoms with Gasteiger partial charge in [-0.25, -0.2) is 13.8 Å². The Hall–Kier alpha value is -3.99. The Labute approximate surface area is 222 Å². The van der Waals surface area contributed by atoms with Gasteiger partial charge in [-0.1, -0.05) is 18.2 Å². The molecule has 5 heterocycles. The Bertz CT molecular complexity index is 1430. The Morgan fingerprint density at radius 2 is 2.00 bits per heavy atom. The molecule has 3 aliphatic rings. The minimum absolute atomic E-state index is 0.0330.